The molecular weight excluding hydrogens is 340 g/mol. The predicted molar refractivity (Wildman–Crippen MR) is 88.5 cm³/mol. The number of hydrogen-bond donors (Lipinski definition) is 2. The third-order valence-electron chi connectivity index (χ3n) is 5.83. The van der Waals surface area contributed by atoms with Crippen LogP contribution in [0.4, 0.5) is 5.69 Å². The Morgan fingerprint density at radius 1 is 1.12 bits per heavy atom. The molecule has 0 unspecified atom stereocenters. The number of imide groups is 1. The SMILES string of the molecule is O=C1[C@@H]2[C@H](C(=O)N1[C@@H](CO)[C@H](O)c1ccc([N+](=O)[O-])cc1)[C@H]1C=C[C@H]2C1. The van der Waals surface area contributed by atoms with Gasteiger partial charge in [-0.3, -0.25) is 24.6 Å². The Morgan fingerprint density at radius 2 is 1.65 bits per heavy atom. The van der Waals surface area contributed by atoms with Gasteiger partial charge in [0.1, 0.15) is 6.10 Å². The fourth-order valence-electron chi connectivity index (χ4n) is 4.59. The second-order valence-electron chi connectivity index (χ2n) is 7.09. The number of nitrogens with zero attached hydrogens (tertiary/aromatic N) is 2. The molecule has 2 N–H and O–H groups in total. The highest BCUT2D eigenvalue weighted by molar-refractivity contribution is 6.06. The minimum absolute atomic E-state index is 0.0438. The third-order valence-corrected chi connectivity index (χ3v) is 5.83. The number of nitro benzene ring substituents is 1. The van der Waals surface area contributed by atoms with Crippen molar-refractivity contribution in [3.8, 4) is 0 Å². The molecule has 8 heteroatoms. The van der Waals surface area contributed by atoms with E-state index in [1.54, 1.807) is 0 Å². The minimum Gasteiger partial charge on any atom is -0.394 e. The zero-order valence-corrected chi connectivity index (χ0v) is 13.8. The first kappa shape index (κ1) is 16.9. The van der Waals surface area contributed by atoms with Crippen molar-refractivity contribution in [1.29, 1.82) is 0 Å². The Hall–Kier alpha value is -2.58. The number of non-ortho nitro benzene ring substituents is 1. The van der Waals surface area contributed by atoms with Gasteiger partial charge in [-0.05, 0) is 36.0 Å². The number of carbonyl (C=O) groups excluding carboxylic acids is 2. The molecule has 2 aliphatic carbocycles. The second kappa shape index (κ2) is 6.00. The van der Waals surface area contributed by atoms with Gasteiger partial charge in [0.2, 0.25) is 11.8 Å². The van der Waals surface area contributed by atoms with Crippen LogP contribution in [0.3, 0.4) is 0 Å². The van der Waals surface area contributed by atoms with Crippen molar-refractivity contribution in [3.05, 3.63) is 52.1 Å². The lowest BCUT2D eigenvalue weighted by Gasteiger charge is -2.30. The molecule has 4 rings (SSSR count). The van der Waals surface area contributed by atoms with Gasteiger partial charge in [0.15, 0.2) is 0 Å². The normalized spacial score (nSPS) is 31.4. The lowest BCUT2D eigenvalue weighted by Crippen LogP contribution is -2.47. The Bertz CT molecular complexity index is 774. The summed E-state index contributed by atoms with van der Waals surface area (Å²) in [6.07, 6.45) is 3.43. The van der Waals surface area contributed by atoms with E-state index in [-0.39, 0.29) is 29.3 Å². The molecule has 136 valence electrons. The molecule has 0 spiro atoms. The van der Waals surface area contributed by atoms with Crippen LogP contribution in [0.1, 0.15) is 18.1 Å². The highest BCUT2D eigenvalue weighted by Crippen LogP contribution is 2.53. The summed E-state index contributed by atoms with van der Waals surface area (Å²) in [4.78, 5) is 36.8. The van der Waals surface area contributed by atoms with Crippen LogP contribution in [0, 0.1) is 33.8 Å². The minimum atomic E-state index is -1.32. The molecular formula is C18H18N2O6. The summed E-state index contributed by atoms with van der Waals surface area (Å²) in [6.45, 7) is -0.585. The van der Waals surface area contributed by atoms with Crippen LogP contribution in [0.25, 0.3) is 0 Å². The van der Waals surface area contributed by atoms with Crippen molar-refractivity contribution < 1.29 is 24.7 Å². The Morgan fingerprint density at radius 3 is 2.12 bits per heavy atom. The van der Waals surface area contributed by atoms with Gasteiger partial charge >= 0.3 is 0 Å². The smallest absolute Gasteiger partial charge is 0.269 e. The number of likely N-dealkylation sites (tertiary alicyclic amines) is 1. The van der Waals surface area contributed by atoms with Crippen LogP contribution in [-0.2, 0) is 9.59 Å². The number of aliphatic hydroxyl groups is 2. The third kappa shape index (κ3) is 2.29. The standard InChI is InChI=1S/C18H18N2O6/c21-8-13(16(22)9-3-5-12(6-4-9)20(25)26)19-17(23)14-10-1-2-11(7-10)15(14)18(19)24/h1-6,10-11,13-16,21-22H,7-8H2/t10-,11-,13-,14-,15+,16+/m0/s1. The lowest BCUT2D eigenvalue weighted by atomic mass is 9.85. The highest BCUT2D eigenvalue weighted by Gasteiger charge is 2.60. The Kier molecular flexibility index (Phi) is 3.89. The summed E-state index contributed by atoms with van der Waals surface area (Å²) in [5.41, 5.74) is 0.167. The monoisotopic (exact) mass is 358 g/mol. The summed E-state index contributed by atoms with van der Waals surface area (Å²) < 4.78 is 0. The van der Waals surface area contributed by atoms with Gasteiger partial charge < -0.3 is 10.2 Å². The first-order chi connectivity index (χ1) is 12.4. The maximum absolute atomic E-state index is 12.8. The summed E-state index contributed by atoms with van der Waals surface area (Å²) in [7, 11) is 0. The van der Waals surface area contributed by atoms with Crippen molar-refractivity contribution in [2.45, 2.75) is 18.6 Å². The van der Waals surface area contributed by atoms with Crippen LogP contribution in [0.5, 0.6) is 0 Å². The van der Waals surface area contributed by atoms with Crippen LogP contribution >= 0.6 is 0 Å². The molecule has 2 amide bonds. The van der Waals surface area contributed by atoms with Gasteiger partial charge in [0.25, 0.3) is 5.69 Å². The van der Waals surface area contributed by atoms with E-state index in [1.807, 2.05) is 12.2 Å². The van der Waals surface area contributed by atoms with Gasteiger partial charge in [-0.1, -0.05) is 12.2 Å². The zero-order valence-electron chi connectivity index (χ0n) is 13.8. The van der Waals surface area contributed by atoms with E-state index < -0.39 is 35.5 Å². The molecule has 3 aliphatic rings. The largest absolute Gasteiger partial charge is 0.394 e. The molecule has 1 saturated heterocycles. The molecule has 0 radical (unpaired) electrons. The van der Waals surface area contributed by atoms with Gasteiger partial charge in [-0.25, -0.2) is 0 Å². The van der Waals surface area contributed by atoms with E-state index in [4.69, 9.17) is 0 Å². The topological polar surface area (TPSA) is 121 Å². The van der Waals surface area contributed by atoms with E-state index in [9.17, 15) is 29.9 Å². The van der Waals surface area contributed by atoms with Crippen molar-refractivity contribution in [2.24, 2.45) is 23.7 Å². The van der Waals surface area contributed by atoms with E-state index in [2.05, 4.69) is 0 Å². The second-order valence-corrected chi connectivity index (χ2v) is 7.09. The maximum Gasteiger partial charge on any atom is 0.269 e. The van der Waals surface area contributed by atoms with Crippen molar-refractivity contribution in [1.82, 2.24) is 4.90 Å². The number of aliphatic hydroxyl groups excluding tert-OH is 2. The van der Waals surface area contributed by atoms with E-state index in [1.165, 1.54) is 24.3 Å². The fraction of sp³-hybridized carbons (Fsp3) is 0.444. The molecule has 1 aromatic carbocycles. The average molecular weight is 358 g/mol. The van der Waals surface area contributed by atoms with Crippen molar-refractivity contribution >= 4 is 17.5 Å². The van der Waals surface area contributed by atoms with Crippen molar-refractivity contribution in [3.63, 3.8) is 0 Å². The fourth-order valence-corrected chi connectivity index (χ4v) is 4.59. The molecule has 1 heterocycles. The average Bonchev–Trinajstić information content (AvgIpc) is 3.31. The Labute approximate surface area is 148 Å². The van der Waals surface area contributed by atoms with Crippen LogP contribution in [-0.4, -0.2) is 44.5 Å². The van der Waals surface area contributed by atoms with E-state index >= 15 is 0 Å². The van der Waals surface area contributed by atoms with Gasteiger partial charge in [-0.15, -0.1) is 0 Å². The number of fused-ring (bicyclic) bond motifs is 5. The van der Waals surface area contributed by atoms with E-state index in [0.29, 0.717) is 5.56 Å². The molecule has 26 heavy (non-hydrogen) atoms. The molecule has 8 nitrogen and oxygen atoms in total. The summed E-state index contributed by atoms with van der Waals surface area (Å²) in [5, 5.41) is 31.1. The van der Waals surface area contributed by atoms with Crippen LogP contribution in [0.15, 0.2) is 36.4 Å². The number of allylic oxidation sites excluding steroid dienone is 2. The number of carbonyl (C=O) groups is 2. The molecule has 1 saturated carbocycles. The molecule has 1 aliphatic heterocycles. The van der Waals surface area contributed by atoms with Crippen LogP contribution < -0.4 is 0 Å². The number of rotatable bonds is 5. The Balaban J connectivity index is 1.60. The highest BCUT2D eigenvalue weighted by atomic mass is 16.6. The molecule has 0 aromatic heterocycles. The molecule has 2 fully saturated rings. The maximum atomic E-state index is 12.8. The first-order valence-electron chi connectivity index (χ1n) is 8.52. The molecule has 6 atom stereocenters. The summed E-state index contributed by atoms with van der Waals surface area (Å²) in [6, 6.07) is 4.09. The first-order valence-corrected chi connectivity index (χ1v) is 8.52. The zero-order chi connectivity index (χ0) is 18.6. The number of amides is 2. The van der Waals surface area contributed by atoms with Gasteiger partial charge in [0, 0.05) is 12.1 Å². The van der Waals surface area contributed by atoms with E-state index in [0.717, 1.165) is 11.3 Å². The summed E-state index contributed by atoms with van der Waals surface area (Å²) >= 11 is 0. The number of benzene rings is 1. The molecule has 1 aromatic rings. The van der Waals surface area contributed by atoms with Crippen LogP contribution in [0.2, 0.25) is 0 Å². The van der Waals surface area contributed by atoms with Crippen molar-refractivity contribution in [2.75, 3.05) is 6.61 Å². The van der Waals surface area contributed by atoms with Gasteiger partial charge in [0.05, 0.1) is 29.4 Å². The number of hydrogen-bond acceptors (Lipinski definition) is 6. The quantitative estimate of drug-likeness (QED) is 0.347. The summed E-state index contributed by atoms with van der Waals surface area (Å²) in [5.74, 6) is -1.43. The predicted octanol–water partition coefficient (Wildman–Crippen LogP) is 0.796. The number of nitro groups is 1. The molecule has 2 bridgehead atoms. The van der Waals surface area contributed by atoms with Gasteiger partial charge in [-0.2, -0.15) is 0 Å². The lowest BCUT2D eigenvalue weighted by molar-refractivity contribution is -0.384.